The summed E-state index contributed by atoms with van der Waals surface area (Å²) in [5, 5.41) is 0. The van der Waals surface area contributed by atoms with Crippen molar-refractivity contribution in [3.63, 3.8) is 0 Å². The number of amides is 1. The van der Waals surface area contributed by atoms with Crippen LogP contribution in [0.5, 0.6) is 0 Å². The highest BCUT2D eigenvalue weighted by molar-refractivity contribution is 5.69. The van der Waals surface area contributed by atoms with Gasteiger partial charge in [-0.15, -0.1) is 0 Å². The molecule has 0 N–H and O–H groups in total. The number of likely N-dealkylation sites (tertiary alicyclic amines) is 1. The normalized spacial score (nSPS) is 22.6. The first-order valence-corrected chi connectivity index (χ1v) is 7.47. The van der Waals surface area contributed by atoms with Gasteiger partial charge in [0, 0.05) is 27.1 Å². The van der Waals surface area contributed by atoms with Gasteiger partial charge in [0.15, 0.2) is 5.79 Å². The van der Waals surface area contributed by atoms with E-state index in [2.05, 4.69) is 0 Å². The molecule has 0 spiro atoms. The van der Waals surface area contributed by atoms with E-state index in [1.54, 1.807) is 19.1 Å². The van der Waals surface area contributed by atoms with Crippen molar-refractivity contribution in [2.24, 2.45) is 5.92 Å². The van der Waals surface area contributed by atoms with Crippen LogP contribution in [0.4, 0.5) is 4.79 Å². The smallest absolute Gasteiger partial charge is 0.410 e. The molecule has 0 radical (unpaired) electrons. The molecule has 1 saturated carbocycles. The zero-order valence-electron chi connectivity index (χ0n) is 13.7. The highest BCUT2D eigenvalue weighted by Crippen LogP contribution is 2.41. The van der Waals surface area contributed by atoms with Crippen LogP contribution in [0.2, 0.25) is 0 Å². The summed E-state index contributed by atoms with van der Waals surface area (Å²) in [4.78, 5) is 13.4. The van der Waals surface area contributed by atoms with Gasteiger partial charge in [-0.2, -0.15) is 0 Å². The summed E-state index contributed by atoms with van der Waals surface area (Å²) >= 11 is 0. The van der Waals surface area contributed by atoms with Crippen LogP contribution < -0.4 is 0 Å². The first kappa shape index (κ1) is 16.5. The lowest BCUT2D eigenvalue weighted by Gasteiger charge is -2.46. The van der Waals surface area contributed by atoms with E-state index in [4.69, 9.17) is 18.9 Å². The molecule has 6 heteroatoms. The van der Waals surface area contributed by atoms with Crippen LogP contribution in [-0.2, 0) is 18.9 Å². The van der Waals surface area contributed by atoms with E-state index in [0.29, 0.717) is 25.6 Å². The third-order valence-corrected chi connectivity index (χ3v) is 4.01. The molecule has 2 fully saturated rings. The van der Waals surface area contributed by atoms with Gasteiger partial charge in [0.25, 0.3) is 0 Å². The SMILES string of the molecule is COC1(OC)CC(COC2CN(C(=O)OC(C)(C)C)C2)C1. The van der Waals surface area contributed by atoms with Gasteiger partial charge >= 0.3 is 6.09 Å². The van der Waals surface area contributed by atoms with Crippen molar-refractivity contribution in [1.29, 1.82) is 0 Å². The number of carbonyl (C=O) groups is 1. The molecule has 1 heterocycles. The predicted octanol–water partition coefficient (Wildman–Crippen LogP) is 2.02. The van der Waals surface area contributed by atoms with Gasteiger partial charge in [-0.3, -0.25) is 0 Å². The van der Waals surface area contributed by atoms with E-state index in [1.165, 1.54) is 0 Å². The molecule has 122 valence electrons. The van der Waals surface area contributed by atoms with E-state index in [9.17, 15) is 4.79 Å². The summed E-state index contributed by atoms with van der Waals surface area (Å²) in [7, 11) is 3.34. The van der Waals surface area contributed by atoms with Crippen molar-refractivity contribution < 1.29 is 23.7 Å². The third kappa shape index (κ3) is 4.08. The fourth-order valence-corrected chi connectivity index (χ4v) is 2.65. The zero-order valence-corrected chi connectivity index (χ0v) is 13.7. The fraction of sp³-hybridized carbons (Fsp3) is 0.933. The van der Waals surface area contributed by atoms with E-state index >= 15 is 0 Å². The van der Waals surface area contributed by atoms with Gasteiger partial charge in [-0.1, -0.05) is 0 Å². The summed E-state index contributed by atoms with van der Waals surface area (Å²) in [5.41, 5.74) is -0.446. The molecule has 0 bridgehead atoms. The molecule has 0 unspecified atom stereocenters. The lowest BCUT2D eigenvalue weighted by Crippen LogP contribution is -2.57. The van der Waals surface area contributed by atoms with E-state index in [1.807, 2.05) is 20.8 Å². The van der Waals surface area contributed by atoms with Gasteiger partial charge < -0.3 is 23.8 Å². The minimum absolute atomic E-state index is 0.123. The molecule has 1 aliphatic carbocycles. The van der Waals surface area contributed by atoms with Gasteiger partial charge in [-0.05, 0) is 26.7 Å². The van der Waals surface area contributed by atoms with Gasteiger partial charge in [-0.25, -0.2) is 4.79 Å². The van der Waals surface area contributed by atoms with Crippen LogP contribution >= 0.6 is 0 Å². The number of methoxy groups -OCH3 is 2. The van der Waals surface area contributed by atoms with Crippen molar-refractivity contribution in [2.75, 3.05) is 33.9 Å². The van der Waals surface area contributed by atoms with Crippen LogP contribution in [0.15, 0.2) is 0 Å². The largest absolute Gasteiger partial charge is 0.444 e. The second-order valence-corrected chi connectivity index (χ2v) is 6.93. The summed E-state index contributed by atoms with van der Waals surface area (Å²) in [6.45, 7) is 7.53. The Morgan fingerprint density at radius 3 is 2.24 bits per heavy atom. The Hall–Kier alpha value is -0.850. The first-order valence-electron chi connectivity index (χ1n) is 7.47. The predicted molar refractivity (Wildman–Crippen MR) is 77.0 cm³/mol. The van der Waals surface area contributed by atoms with Crippen molar-refractivity contribution in [1.82, 2.24) is 4.90 Å². The summed E-state index contributed by atoms with van der Waals surface area (Å²) in [6, 6.07) is 0. The number of hydrogen-bond donors (Lipinski definition) is 0. The molecule has 1 amide bonds. The molecule has 2 aliphatic rings. The van der Waals surface area contributed by atoms with Gasteiger partial charge in [0.05, 0.1) is 25.8 Å². The van der Waals surface area contributed by atoms with Crippen molar-refractivity contribution >= 4 is 6.09 Å². The Morgan fingerprint density at radius 2 is 1.76 bits per heavy atom. The standard InChI is InChI=1S/C15H27NO5/c1-14(2,3)21-13(17)16-8-12(9-16)20-10-11-6-15(7-11,18-4)19-5/h11-12H,6-10H2,1-5H3. The number of carbonyl (C=O) groups excluding carboxylic acids is 1. The monoisotopic (exact) mass is 301 g/mol. The number of hydrogen-bond acceptors (Lipinski definition) is 5. The molecule has 1 aliphatic heterocycles. The Balaban J connectivity index is 1.59. The average Bonchev–Trinajstić information content (AvgIpc) is 2.27. The summed E-state index contributed by atoms with van der Waals surface area (Å²) in [6.07, 6.45) is 1.59. The Bertz CT molecular complexity index is 361. The van der Waals surface area contributed by atoms with Crippen LogP contribution in [0.25, 0.3) is 0 Å². The molecule has 2 rings (SSSR count). The average molecular weight is 301 g/mol. The second kappa shape index (κ2) is 6.10. The van der Waals surface area contributed by atoms with E-state index in [-0.39, 0.29) is 12.2 Å². The van der Waals surface area contributed by atoms with Crippen LogP contribution in [0.1, 0.15) is 33.6 Å². The number of rotatable bonds is 5. The Labute approximate surface area is 126 Å². The highest BCUT2D eigenvalue weighted by Gasteiger charge is 2.45. The molecule has 6 nitrogen and oxygen atoms in total. The maximum absolute atomic E-state index is 11.8. The van der Waals surface area contributed by atoms with E-state index in [0.717, 1.165) is 12.8 Å². The molecule has 0 aromatic carbocycles. The van der Waals surface area contributed by atoms with Crippen LogP contribution in [0, 0.1) is 5.92 Å². The minimum atomic E-state index is -0.446. The lowest BCUT2D eigenvalue weighted by atomic mass is 9.79. The minimum Gasteiger partial charge on any atom is -0.444 e. The quantitative estimate of drug-likeness (QED) is 0.727. The maximum Gasteiger partial charge on any atom is 0.410 e. The molecular formula is C15H27NO5. The molecule has 0 aromatic rings. The van der Waals surface area contributed by atoms with Gasteiger partial charge in [0.1, 0.15) is 5.60 Å². The summed E-state index contributed by atoms with van der Waals surface area (Å²) < 4.78 is 21.8. The van der Waals surface area contributed by atoms with Crippen LogP contribution in [0.3, 0.4) is 0 Å². The van der Waals surface area contributed by atoms with Crippen molar-refractivity contribution in [3.8, 4) is 0 Å². The second-order valence-electron chi connectivity index (χ2n) is 6.93. The first-order chi connectivity index (χ1) is 9.77. The Morgan fingerprint density at radius 1 is 1.19 bits per heavy atom. The maximum atomic E-state index is 11.8. The highest BCUT2D eigenvalue weighted by atomic mass is 16.7. The van der Waals surface area contributed by atoms with Crippen LogP contribution in [-0.4, -0.2) is 62.4 Å². The van der Waals surface area contributed by atoms with Gasteiger partial charge in [0.2, 0.25) is 0 Å². The molecule has 21 heavy (non-hydrogen) atoms. The number of nitrogens with zero attached hydrogens (tertiary/aromatic N) is 1. The molecular weight excluding hydrogens is 274 g/mol. The topological polar surface area (TPSA) is 57.2 Å². The number of ether oxygens (including phenoxy) is 4. The molecule has 1 saturated heterocycles. The van der Waals surface area contributed by atoms with E-state index < -0.39 is 11.4 Å². The summed E-state index contributed by atoms with van der Waals surface area (Å²) in [5.74, 6) is 0.0661. The third-order valence-electron chi connectivity index (χ3n) is 4.01. The van der Waals surface area contributed by atoms with Crippen molar-refractivity contribution in [2.45, 2.75) is 51.1 Å². The fourth-order valence-electron chi connectivity index (χ4n) is 2.65. The van der Waals surface area contributed by atoms with Crippen molar-refractivity contribution in [3.05, 3.63) is 0 Å². The lowest BCUT2D eigenvalue weighted by molar-refractivity contribution is -0.277. The molecule has 0 atom stereocenters. The zero-order chi connectivity index (χ0) is 15.7. The Kier molecular flexibility index (Phi) is 4.80. The molecule has 0 aromatic heterocycles.